The van der Waals surface area contributed by atoms with Crippen molar-refractivity contribution in [2.45, 2.75) is 19.3 Å². The molecular weight excluding hydrogens is 473 g/mol. The number of benzene rings is 5. The normalized spacial score (nSPS) is 15.5. The van der Waals surface area contributed by atoms with Gasteiger partial charge in [0.05, 0.1) is 0 Å². The van der Waals surface area contributed by atoms with Gasteiger partial charge in [0.1, 0.15) is 0 Å². The molecule has 4 heteroatoms. The molecule has 0 aromatic heterocycles. The van der Waals surface area contributed by atoms with E-state index < -0.39 is 0 Å². The molecule has 0 radical (unpaired) electrons. The molecule has 8 rings (SSSR count). The summed E-state index contributed by atoms with van der Waals surface area (Å²) in [5.41, 5.74) is 13.0. The molecular formula is C35H30BN3. The summed E-state index contributed by atoms with van der Waals surface area (Å²) in [6.45, 7) is 2.41. The summed E-state index contributed by atoms with van der Waals surface area (Å²) in [6, 6.07) is 44.7. The third-order valence-corrected chi connectivity index (χ3v) is 8.62. The Morgan fingerprint density at radius 3 is 1.41 bits per heavy atom. The molecule has 0 saturated carbocycles. The Bertz CT molecular complexity index is 1550. The van der Waals surface area contributed by atoms with Crippen LogP contribution in [0.4, 0.5) is 39.8 Å². The van der Waals surface area contributed by atoms with Crippen LogP contribution in [0.1, 0.15) is 19.3 Å². The summed E-state index contributed by atoms with van der Waals surface area (Å²) < 4.78 is 0. The van der Waals surface area contributed by atoms with Crippen LogP contribution in [-0.2, 0) is 0 Å². The van der Waals surface area contributed by atoms with Gasteiger partial charge < -0.3 is 14.7 Å². The van der Waals surface area contributed by atoms with E-state index in [1.807, 2.05) is 0 Å². The number of nitrogens with zero attached hydrogens (tertiary/aromatic N) is 3. The first-order valence-corrected chi connectivity index (χ1v) is 14.2. The zero-order chi connectivity index (χ0) is 25.8. The van der Waals surface area contributed by atoms with Gasteiger partial charge in [-0.1, -0.05) is 72.8 Å². The Balaban J connectivity index is 1.47. The lowest BCUT2D eigenvalue weighted by Gasteiger charge is -2.45. The molecule has 188 valence electrons. The van der Waals surface area contributed by atoms with Gasteiger partial charge in [0, 0.05) is 52.9 Å². The fourth-order valence-electron chi connectivity index (χ4n) is 6.93. The highest BCUT2D eigenvalue weighted by molar-refractivity contribution is 7.00. The van der Waals surface area contributed by atoms with Crippen LogP contribution in [0.25, 0.3) is 0 Å². The van der Waals surface area contributed by atoms with Crippen molar-refractivity contribution < 1.29 is 0 Å². The summed E-state index contributed by atoms with van der Waals surface area (Å²) in [4.78, 5) is 7.59. The topological polar surface area (TPSA) is 9.72 Å². The minimum atomic E-state index is 0.178. The molecule has 3 heterocycles. The van der Waals surface area contributed by atoms with E-state index >= 15 is 0 Å². The maximum absolute atomic E-state index is 2.60. The van der Waals surface area contributed by atoms with Gasteiger partial charge in [-0.05, 0) is 84.2 Å². The Morgan fingerprint density at radius 1 is 0.436 bits per heavy atom. The number of rotatable bonds is 3. The molecule has 3 aliphatic rings. The maximum Gasteiger partial charge on any atom is 0.252 e. The smallest absolute Gasteiger partial charge is 0.252 e. The van der Waals surface area contributed by atoms with Crippen molar-refractivity contribution in [1.82, 2.24) is 0 Å². The van der Waals surface area contributed by atoms with Crippen molar-refractivity contribution in [3.63, 3.8) is 0 Å². The Kier molecular flexibility index (Phi) is 5.26. The van der Waals surface area contributed by atoms with Crippen LogP contribution in [0.3, 0.4) is 0 Å². The van der Waals surface area contributed by atoms with Crippen LogP contribution in [0, 0.1) is 0 Å². The fraction of sp³-hybridized carbons (Fsp3) is 0.143. The molecule has 0 amide bonds. The molecule has 5 aromatic carbocycles. The van der Waals surface area contributed by atoms with Crippen LogP contribution < -0.4 is 31.1 Å². The predicted octanol–water partition coefficient (Wildman–Crippen LogP) is 6.76. The maximum atomic E-state index is 2.60. The van der Waals surface area contributed by atoms with E-state index in [0.29, 0.717) is 0 Å². The van der Waals surface area contributed by atoms with Crippen molar-refractivity contribution in [2.24, 2.45) is 0 Å². The van der Waals surface area contributed by atoms with Gasteiger partial charge in [-0.25, -0.2) is 0 Å². The lowest BCUT2D eigenvalue weighted by atomic mass is 9.33. The second-order valence-electron chi connectivity index (χ2n) is 10.8. The number of hydrogen-bond acceptors (Lipinski definition) is 3. The summed E-state index contributed by atoms with van der Waals surface area (Å²) in [7, 11) is 0. The summed E-state index contributed by atoms with van der Waals surface area (Å²) in [6.07, 6.45) is 3.83. The number of hydrogen-bond donors (Lipinski definition) is 0. The number of piperidine rings is 1. The standard InChI is InChI=1S/C35H30BN3/c1-4-14-26(15-5-1)38-31-20-10-8-18-29(31)36-30-19-9-11-21-32(30)39(27-16-6-2-7-17-27)34-25-28(24-33(38)35(34)36)37-22-12-3-13-23-37/h1-2,4-11,14-21,24-25H,3,12-13,22-23H2. The molecule has 3 nitrogen and oxygen atoms in total. The van der Waals surface area contributed by atoms with Crippen molar-refractivity contribution >= 4 is 62.9 Å². The largest absolute Gasteiger partial charge is 0.371 e. The second-order valence-corrected chi connectivity index (χ2v) is 10.8. The first-order chi connectivity index (χ1) is 19.4. The van der Waals surface area contributed by atoms with Gasteiger partial charge in [0.2, 0.25) is 0 Å². The van der Waals surface area contributed by atoms with E-state index in [0.717, 1.165) is 13.1 Å². The van der Waals surface area contributed by atoms with E-state index in [4.69, 9.17) is 0 Å². The van der Waals surface area contributed by atoms with E-state index in [2.05, 4.69) is 136 Å². The Labute approximate surface area is 231 Å². The quantitative estimate of drug-likeness (QED) is 0.247. The van der Waals surface area contributed by atoms with Gasteiger partial charge in [-0.2, -0.15) is 0 Å². The van der Waals surface area contributed by atoms with Crippen LogP contribution in [0.15, 0.2) is 121 Å². The van der Waals surface area contributed by atoms with E-state index in [9.17, 15) is 0 Å². The lowest BCUT2D eigenvalue weighted by Crippen LogP contribution is -2.61. The average Bonchev–Trinajstić information content (AvgIpc) is 3.02. The zero-order valence-electron chi connectivity index (χ0n) is 22.0. The summed E-state index contributed by atoms with van der Waals surface area (Å²) in [5, 5.41) is 0. The molecule has 3 aliphatic heterocycles. The monoisotopic (exact) mass is 503 g/mol. The summed E-state index contributed by atoms with van der Waals surface area (Å²) in [5.74, 6) is 0. The van der Waals surface area contributed by atoms with Crippen LogP contribution >= 0.6 is 0 Å². The van der Waals surface area contributed by atoms with Crippen molar-refractivity contribution in [3.05, 3.63) is 121 Å². The van der Waals surface area contributed by atoms with E-state index in [1.54, 1.807) is 0 Å². The third-order valence-electron chi connectivity index (χ3n) is 8.62. The lowest BCUT2D eigenvalue weighted by molar-refractivity contribution is 0.578. The molecule has 0 aliphatic carbocycles. The van der Waals surface area contributed by atoms with Crippen LogP contribution in [-0.4, -0.2) is 19.8 Å². The molecule has 5 aromatic rings. The molecule has 0 unspecified atom stereocenters. The third kappa shape index (κ3) is 3.51. The highest BCUT2D eigenvalue weighted by Crippen LogP contribution is 2.45. The minimum absolute atomic E-state index is 0.178. The highest BCUT2D eigenvalue weighted by atomic mass is 15.2. The highest BCUT2D eigenvalue weighted by Gasteiger charge is 2.43. The molecule has 0 spiro atoms. The predicted molar refractivity (Wildman–Crippen MR) is 167 cm³/mol. The SMILES string of the molecule is c1ccc(N2c3ccccc3B3c4ccccc4N(c4ccccc4)c4cc(N5CCCCC5)cc2c43)cc1. The number of para-hydroxylation sites is 4. The molecule has 39 heavy (non-hydrogen) atoms. The first-order valence-electron chi connectivity index (χ1n) is 14.2. The number of anilines is 7. The van der Waals surface area contributed by atoms with Crippen LogP contribution in [0.2, 0.25) is 0 Å². The minimum Gasteiger partial charge on any atom is -0.371 e. The molecule has 0 bridgehead atoms. The van der Waals surface area contributed by atoms with Crippen molar-refractivity contribution in [3.8, 4) is 0 Å². The first kappa shape index (κ1) is 22.5. The zero-order valence-corrected chi connectivity index (χ0v) is 22.0. The van der Waals surface area contributed by atoms with Crippen molar-refractivity contribution in [1.29, 1.82) is 0 Å². The molecule has 1 saturated heterocycles. The van der Waals surface area contributed by atoms with Gasteiger partial charge in [-0.3, -0.25) is 0 Å². The fourth-order valence-corrected chi connectivity index (χ4v) is 6.93. The Morgan fingerprint density at radius 2 is 0.897 bits per heavy atom. The van der Waals surface area contributed by atoms with Gasteiger partial charge >= 0.3 is 0 Å². The summed E-state index contributed by atoms with van der Waals surface area (Å²) >= 11 is 0. The molecule has 0 N–H and O–H groups in total. The van der Waals surface area contributed by atoms with Gasteiger partial charge in [0.15, 0.2) is 0 Å². The average molecular weight is 503 g/mol. The van der Waals surface area contributed by atoms with E-state index in [-0.39, 0.29) is 6.71 Å². The Hall–Kier alpha value is -4.44. The molecule has 0 atom stereocenters. The molecule has 1 fully saturated rings. The van der Waals surface area contributed by atoms with Crippen molar-refractivity contribution in [2.75, 3.05) is 27.8 Å². The van der Waals surface area contributed by atoms with Gasteiger partial charge in [0.25, 0.3) is 6.71 Å². The number of fused-ring (bicyclic) bond motifs is 4. The van der Waals surface area contributed by atoms with E-state index in [1.165, 1.54) is 75.5 Å². The van der Waals surface area contributed by atoms with Crippen LogP contribution in [0.5, 0.6) is 0 Å². The second kappa shape index (κ2) is 9.09. The van der Waals surface area contributed by atoms with Gasteiger partial charge in [-0.15, -0.1) is 0 Å².